The summed E-state index contributed by atoms with van der Waals surface area (Å²) in [6.07, 6.45) is 18.8. The number of rotatable bonds is 6. The van der Waals surface area contributed by atoms with Crippen molar-refractivity contribution in [2.24, 2.45) is 5.92 Å². The third kappa shape index (κ3) is 4.76. The highest BCUT2D eigenvalue weighted by Gasteiger charge is 2.22. The first kappa shape index (κ1) is 24.1. The molecule has 2 aromatic carbocycles. The summed E-state index contributed by atoms with van der Waals surface area (Å²) in [5, 5.41) is 13.1. The summed E-state index contributed by atoms with van der Waals surface area (Å²) in [4.78, 5) is 3.69. The van der Waals surface area contributed by atoms with Gasteiger partial charge < -0.3 is 10.1 Å². The number of nitrogens with one attached hydrogen (secondary N) is 1. The van der Waals surface area contributed by atoms with Crippen LogP contribution in [0, 0.1) is 5.92 Å². The van der Waals surface area contributed by atoms with Crippen molar-refractivity contribution in [3.8, 4) is 5.75 Å². The molecule has 1 heterocycles. The second kappa shape index (κ2) is 10.2. The molecule has 3 aromatic rings. The van der Waals surface area contributed by atoms with Gasteiger partial charge in [0.25, 0.3) is 0 Å². The minimum Gasteiger partial charge on any atom is -0.507 e. The number of hydrogen-bond donors (Lipinski definition) is 2. The Kier molecular flexibility index (Phi) is 6.84. The molecule has 0 radical (unpaired) electrons. The van der Waals surface area contributed by atoms with Crippen molar-refractivity contribution < 1.29 is 5.11 Å². The molecule has 0 fully saturated rings. The van der Waals surface area contributed by atoms with E-state index in [0.29, 0.717) is 5.92 Å². The largest absolute Gasteiger partial charge is 0.507 e. The minimum absolute atomic E-state index is 0.265. The number of phenols is 1. The van der Waals surface area contributed by atoms with E-state index in [-0.39, 0.29) is 5.75 Å². The summed E-state index contributed by atoms with van der Waals surface area (Å²) in [6.45, 7) is 11.2. The van der Waals surface area contributed by atoms with Crippen LogP contribution in [0.1, 0.15) is 42.1 Å². The average molecular weight is 490 g/mol. The highest BCUT2D eigenvalue weighted by atomic mass is 28.3. The topological polar surface area (TPSA) is 36.0 Å². The van der Waals surface area contributed by atoms with Gasteiger partial charge in [-0.15, -0.1) is 0 Å². The van der Waals surface area contributed by atoms with Crippen molar-refractivity contribution >= 4 is 36.9 Å². The van der Waals surface area contributed by atoms with E-state index in [4.69, 9.17) is 0 Å². The lowest BCUT2D eigenvalue weighted by Gasteiger charge is -2.26. The smallest absolute Gasteiger partial charge is 0.123 e. The lowest BCUT2D eigenvalue weighted by atomic mass is 9.87. The highest BCUT2D eigenvalue weighted by molar-refractivity contribution is 6.65. The fourth-order valence-corrected chi connectivity index (χ4v) is 7.02. The summed E-state index contributed by atoms with van der Waals surface area (Å²) in [7, 11) is -0.999. The van der Waals surface area contributed by atoms with Gasteiger partial charge in [0.15, 0.2) is 0 Å². The maximum absolute atomic E-state index is 10.1. The summed E-state index contributed by atoms with van der Waals surface area (Å²) >= 11 is 0. The Hall–Kier alpha value is -3.56. The molecule has 5 rings (SSSR count). The molecule has 36 heavy (non-hydrogen) atoms. The number of aromatic nitrogens is 1. The number of fused-ring (bicyclic) bond motifs is 3. The van der Waals surface area contributed by atoms with Crippen LogP contribution >= 0.6 is 0 Å². The predicted molar refractivity (Wildman–Crippen MR) is 159 cm³/mol. The van der Waals surface area contributed by atoms with E-state index in [9.17, 15) is 5.11 Å². The van der Waals surface area contributed by atoms with Crippen LogP contribution in [0.4, 0.5) is 0 Å². The predicted octanol–water partition coefficient (Wildman–Crippen LogP) is 8.40. The van der Waals surface area contributed by atoms with Crippen LogP contribution in [0.15, 0.2) is 96.3 Å². The maximum atomic E-state index is 10.1. The first-order valence-corrected chi connectivity index (χ1v) is 15.9. The second-order valence-electron chi connectivity index (χ2n) is 10.3. The van der Waals surface area contributed by atoms with E-state index in [0.717, 1.165) is 30.4 Å². The Bertz CT molecular complexity index is 1470. The molecule has 2 nitrogen and oxygen atoms in total. The summed E-state index contributed by atoms with van der Waals surface area (Å²) < 4.78 is 0. The standard InChI is InChI=1S/C33H35NOSi/c1-22(10-9-11-23(2)26-12-6-8-15-32(26)35)24-16-18-27(33(21-24)36(3)4)25-17-19-29-28-13-5-7-14-30(28)34-31(29)20-25/h5-6,8-13,15-20,24,34-36H,2,7,14,21H2,1,3-4H3/b11-9-,22-10+. The fourth-order valence-electron chi connectivity index (χ4n) is 5.41. The molecule has 1 unspecified atom stereocenters. The van der Waals surface area contributed by atoms with Gasteiger partial charge >= 0.3 is 0 Å². The van der Waals surface area contributed by atoms with Gasteiger partial charge in [0.2, 0.25) is 0 Å². The average Bonchev–Trinajstić information content (AvgIpc) is 3.26. The number of H-pyrrole nitrogens is 1. The Balaban J connectivity index is 1.37. The van der Waals surface area contributed by atoms with Crippen LogP contribution in [-0.4, -0.2) is 18.9 Å². The van der Waals surface area contributed by atoms with Gasteiger partial charge in [-0.1, -0.05) is 103 Å². The molecule has 1 aromatic heterocycles. The van der Waals surface area contributed by atoms with Crippen LogP contribution in [0.25, 0.3) is 28.1 Å². The zero-order valence-electron chi connectivity index (χ0n) is 21.5. The van der Waals surface area contributed by atoms with Crippen LogP contribution in [0.3, 0.4) is 0 Å². The first-order chi connectivity index (χ1) is 17.4. The highest BCUT2D eigenvalue weighted by Crippen LogP contribution is 2.37. The lowest BCUT2D eigenvalue weighted by molar-refractivity contribution is 0.474. The van der Waals surface area contributed by atoms with Gasteiger partial charge in [0, 0.05) is 33.6 Å². The fraction of sp³-hybridized carbons (Fsp3) is 0.212. The zero-order valence-corrected chi connectivity index (χ0v) is 22.7. The van der Waals surface area contributed by atoms with Crippen LogP contribution in [0.2, 0.25) is 13.1 Å². The number of benzene rings is 2. The van der Waals surface area contributed by atoms with Crippen molar-refractivity contribution in [3.63, 3.8) is 0 Å². The Morgan fingerprint density at radius 3 is 2.78 bits per heavy atom. The van der Waals surface area contributed by atoms with E-state index in [2.05, 4.69) is 86.2 Å². The van der Waals surface area contributed by atoms with Crippen molar-refractivity contribution in [3.05, 3.63) is 119 Å². The number of hydrogen-bond acceptors (Lipinski definition) is 1. The number of aromatic amines is 1. The molecule has 2 aliphatic carbocycles. The molecular weight excluding hydrogens is 454 g/mol. The van der Waals surface area contributed by atoms with E-state index < -0.39 is 8.80 Å². The summed E-state index contributed by atoms with van der Waals surface area (Å²) in [6, 6.07) is 14.3. The number of phenolic OH excluding ortho intramolecular Hbond substituents is 1. The second-order valence-corrected chi connectivity index (χ2v) is 13.3. The van der Waals surface area contributed by atoms with E-state index >= 15 is 0 Å². The third-order valence-electron chi connectivity index (χ3n) is 7.55. The lowest BCUT2D eigenvalue weighted by Crippen LogP contribution is -2.16. The molecule has 0 saturated heterocycles. The Morgan fingerprint density at radius 2 is 1.97 bits per heavy atom. The SMILES string of the molecule is C=C(/C=C\C=C(/C)C1C=CC(c2ccc3c4c([nH]c3c2)CCC=C4)=C([SiH](C)C)C1)c1ccccc1O. The molecule has 182 valence electrons. The molecule has 0 saturated carbocycles. The summed E-state index contributed by atoms with van der Waals surface area (Å²) in [5.74, 6) is 0.676. The van der Waals surface area contributed by atoms with Gasteiger partial charge in [-0.25, -0.2) is 0 Å². The van der Waals surface area contributed by atoms with Gasteiger partial charge in [-0.05, 0) is 55.0 Å². The number of para-hydroxylation sites is 1. The third-order valence-corrected chi connectivity index (χ3v) is 9.49. The number of allylic oxidation sites excluding steroid dienone is 10. The molecule has 0 amide bonds. The van der Waals surface area contributed by atoms with Gasteiger partial charge in [0.05, 0.1) is 8.80 Å². The van der Waals surface area contributed by atoms with Crippen molar-refractivity contribution in [2.45, 2.75) is 39.3 Å². The van der Waals surface area contributed by atoms with Crippen molar-refractivity contribution in [1.82, 2.24) is 4.98 Å². The molecule has 2 N–H and O–H groups in total. The number of aryl methyl sites for hydroxylation is 1. The van der Waals surface area contributed by atoms with Gasteiger partial charge in [0.1, 0.15) is 5.75 Å². The Labute approximate surface area is 216 Å². The monoisotopic (exact) mass is 489 g/mol. The van der Waals surface area contributed by atoms with Crippen LogP contribution in [0.5, 0.6) is 5.75 Å². The van der Waals surface area contributed by atoms with Gasteiger partial charge in [-0.3, -0.25) is 0 Å². The minimum atomic E-state index is -0.999. The number of aromatic hydroxyl groups is 1. The quantitative estimate of drug-likeness (QED) is 0.265. The zero-order chi connectivity index (χ0) is 25.2. The normalized spacial score (nSPS) is 18.0. The van der Waals surface area contributed by atoms with E-state index in [1.54, 1.807) is 11.3 Å². The van der Waals surface area contributed by atoms with E-state index in [1.165, 1.54) is 38.9 Å². The summed E-state index contributed by atoms with van der Waals surface area (Å²) in [5.41, 5.74) is 9.68. The molecular formula is C33H35NOSi. The molecule has 1 atom stereocenters. The molecule has 3 heteroatoms. The van der Waals surface area contributed by atoms with Gasteiger partial charge in [-0.2, -0.15) is 0 Å². The molecule has 0 aliphatic heterocycles. The molecule has 2 aliphatic rings. The molecule has 0 spiro atoms. The van der Waals surface area contributed by atoms with Crippen LogP contribution < -0.4 is 0 Å². The Morgan fingerprint density at radius 1 is 1.14 bits per heavy atom. The van der Waals surface area contributed by atoms with Crippen molar-refractivity contribution in [2.75, 3.05) is 0 Å². The molecule has 0 bridgehead atoms. The first-order valence-electron chi connectivity index (χ1n) is 13.0. The van der Waals surface area contributed by atoms with Crippen LogP contribution in [-0.2, 0) is 6.42 Å². The van der Waals surface area contributed by atoms with Crippen molar-refractivity contribution in [1.29, 1.82) is 0 Å². The van der Waals surface area contributed by atoms with E-state index in [1.807, 2.05) is 24.3 Å². The maximum Gasteiger partial charge on any atom is 0.123 e.